The number of nitro benzene ring substituents is 2. The van der Waals surface area contributed by atoms with Gasteiger partial charge in [0.25, 0.3) is 17.3 Å². The third kappa shape index (κ3) is 3.96. The molecule has 1 N–H and O–H groups in total. The summed E-state index contributed by atoms with van der Waals surface area (Å²) in [7, 11) is 0. The van der Waals surface area contributed by atoms with E-state index in [2.05, 4.69) is 5.32 Å². The summed E-state index contributed by atoms with van der Waals surface area (Å²) in [6.07, 6.45) is 0. The number of nitro groups is 2. The molecule has 10 nitrogen and oxygen atoms in total. The first-order chi connectivity index (χ1) is 13.6. The predicted octanol–water partition coefficient (Wildman–Crippen LogP) is 3.25. The molecule has 10 heteroatoms. The number of carbonyl (C=O) groups is 1. The lowest BCUT2D eigenvalue weighted by Gasteiger charge is -2.29. The molecule has 2 aromatic carbocycles. The van der Waals surface area contributed by atoms with E-state index in [1.807, 2.05) is 0 Å². The standard InChI is InChI=1S/C19H19N3O7/c1-11-14(9-13(21(24)25)10-15(11)22(26)27)18(23)20-19(2,3)12-4-5-16-17(8-12)29-7-6-28-16/h4-5,8-10H,6-7H2,1-3H3,(H,20,23). The van der Waals surface area contributed by atoms with Crippen molar-refractivity contribution in [3.63, 3.8) is 0 Å². The topological polar surface area (TPSA) is 134 Å². The molecule has 0 atom stereocenters. The lowest BCUT2D eigenvalue weighted by molar-refractivity contribution is -0.394. The van der Waals surface area contributed by atoms with E-state index in [-0.39, 0.29) is 11.1 Å². The van der Waals surface area contributed by atoms with Crippen LogP contribution in [0.25, 0.3) is 0 Å². The Morgan fingerprint density at radius 2 is 1.69 bits per heavy atom. The van der Waals surface area contributed by atoms with Crippen molar-refractivity contribution in [2.24, 2.45) is 0 Å². The van der Waals surface area contributed by atoms with Crippen molar-refractivity contribution in [1.82, 2.24) is 5.32 Å². The lowest BCUT2D eigenvalue weighted by Crippen LogP contribution is -2.41. The van der Waals surface area contributed by atoms with E-state index in [4.69, 9.17) is 9.47 Å². The molecule has 1 aliphatic heterocycles. The molecule has 2 aromatic rings. The Morgan fingerprint density at radius 3 is 2.31 bits per heavy atom. The minimum atomic E-state index is -0.890. The summed E-state index contributed by atoms with van der Waals surface area (Å²) >= 11 is 0. The average Bonchev–Trinajstić information content (AvgIpc) is 2.66. The first-order valence-corrected chi connectivity index (χ1v) is 8.76. The number of ether oxygens (including phenoxy) is 2. The van der Waals surface area contributed by atoms with Gasteiger partial charge < -0.3 is 14.8 Å². The molecular weight excluding hydrogens is 382 g/mol. The molecule has 0 saturated carbocycles. The van der Waals surface area contributed by atoms with Crippen molar-refractivity contribution < 1.29 is 24.1 Å². The van der Waals surface area contributed by atoms with Crippen LogP contribution in [0.15, 0.2) is 30.3 Å². The molecule has 152 valence electrons. The molecule has 29 heavy (non-hydrogen) atoms. The number of amides is 1. The first-order valence-electron chi connectivity index (χ1n) is 8.76. The molecule has 0 unspecified atom stereocenters. The zero-order chi connectivity index (χ0) is 21.3. The number of rotatable bonds is 5. The van der Waals surface area contributed by atoms with Crippen LogP contribution >= 0.6 is 0 Å². The van der Waals surface area contributed by atoms with Crippen LogP contribution in [-0.2, 0) is 5.54 Å². The molecule has 1 heterocycles. The highest BCUT2D eigenvalue weighted by atomic mass is 16.6. The lowest BCUT2D eigenvalue weighted by atomic mass is 9.92. The molecule has 3 rings (SSSR count). The van der Waals surface area contributed by atoms with E-state index in [0.29, 0.717) is 30.3 Å². The van der Waals surface area contributed by atoms with Crippen LogP contribution in [0.1, 0.15) is 35.3 Å². The maximum Gasteiger partial charge on any atom is 0.279 e. The first kappa shape index (κ1) is 20.1. The fraction of sp³-hybridized carbons (Fsp3) is 0.316. The molecule has 0 spiro atoms. The van der Waals surface area contributed by atoms with Gasteiger partial charge in [0.15, 0.2) is 11.5 Å². The second kappa shape index (κ2) is 7.38. The summed E-state index contributed by atoms with van der Waals surface area (Å²) in [5.74, 6) is 0.500. The Balaban J connectivity index is 1.95. The number of hydrogen-bond donors (Lipinski definition) is 1. The second-order valence-electron chi connectivity index (χ2n) is 7.09. The van der Waals surface area contributed by atoms with Crippen LogP contribution in [0.2, 0.25) is 0 Å². The van der Waals surface area contributed by atoms with Crippen LogP contribution in [0, 0.1) is 27.2 Å². The van der Waals surface area contributed by atoms with Gasteiger partial charge in [0.2, 0.25) is 0 Å². The number of carbonyl (C=O) groups excluding carboxylic acids is 1. The number of nitrogens with zero attached hydrogens (tertiary/aromatic N) is 2. The SMILES string of the molecule is Cc1c(C(=O)NC(C)(C)c2ccc3c(c2)OCCO3)cc([N+](=O)[O-])cc1[N+](=O)[O-]. The summed E-state index contributed by atoms with van der Waals surface area (Å²) < 4.78 is 11.1. The van der Waals surface area contributed by atoms with Crippen molar-refractivity contribution >= 4 is 17.3 Å². The van der Waals surface area contributed by atoms with E-state index in [0.717, 1.165) is 12.1 Å². The Bertz CT molecular complexity index is 1020. The average molecular weight is 401 g/mol. The maximum atomic E-state index is 12.9. The van der Waals surface area contributed by atoms with Crippen LogP contribution in [0.5, 0.6) is 11.5 Å². The number of hydrogen-bond acceptors (Lipinski definition) is 7. The van der Waals surface area contributed by atoms with Gasteiger partial charge in [-0.2, -0.15) is 0 Å². The number of nitrogens with one attached hydrogen (secondary N) is 1. The molecule has 0 radical (unpaired) electrons. The molecule has 1 aliphatic rings. The Labute approximate surface area is 165 Å². The van der Waals surface area contributed by atoms with Gasteiger partial charge >= 0.3 is 0 Å². The number of fused-ring (bicyclic) bond motifs is 1. The molecule has 0 fully saturated rings. The highest BCUT2D eigenvalue weighted by Crippen LogP contribution is 2.35. The fourth-order valence-corrected chi connectivity index (χ4v) is 3.07. The zero-order valence-electron chi connectivity index (χ0n) is 16.1. The summed E-state index contributed by atoms with van der Waals surface area (Å²) in [6.45, 7) is 5.75. The van der Waals surface area contributed by atoms with Gasteiger partial charge in [0, 0.05) is 11.6 Å². The number of benzene rings is 2. The Hall–Kier alpha value is -3.69. The highest BCUT2D eigenvalue weighted by Gasteiger charge is 2.29. The molecule has 0 aliphatic carbocycles. The van der Waals surface area contributed by atoms with Gasteiger partial charge in [0.05, 0.1) is 27.0 Å². The minimum Gasteiger partial charge on any atom is -0.486 e. The van der Waals surface area contributed by atoms with Crippen LogP contribution in [0.4, 0.5) is 11.4 Å². The third-order valence-electron chi connectivity index (χ3n) is 4.71. The van der Waals surface area contributed by atoms with Crippen molar-refractivity contribution in [2.45, 2.75) is 26.3 Å². The quantitative estimate of drug-likeness (QED) is 0.600. The van der Waals surface area contributed by atoms with Gasteiger partial charge in [0.1, 0.15) is 13.2 Å². The van der Waals surface area contributed by atoms with Crippen LogP contribution in [0.3, 0.4) is 0 Å². The highest BCUT2D eigenvalue weighted by molar-refractivity contribution is 5.98. The van der Waals surface area contributed by atoms with E-state index in [9.17, 15) is 25.0 Å². The fourth-order valence-electron chi connectivity index (χ4n) is 3.07. The smallest absolute Gasteiger partial charge is 0.279 e. The summed E-state index contributed by atoms with van der Waals surface area (Å²) in [4.78, 5) is 33.7. The van der Waals surface area contributed by atoms with Crippen LogP contribution < -0.4 is 14.8 Å². The molecular formula is C19H19N3O7. The second-order valence-corrected chi connectivity index (χ2v) is 7.09. The normalized spacial score (nSPS) is 12.9. The van der Waals surface area contributed by atoms with E-state index < -0.39 is 32.7 Å². The maximum absolute atomic E-state index is 12.9. The molecule has 1 amide bonds. The van der Waals surface area contributed by atoms with E-state index in [1.165, 1.54) is 6.92 Å². The van der Waals surface area contributed by atoms with Crippen molar-refractivity contribution in [1.29, 1.82) is 0 Å². The molecule has 0 aromatic heterocycles. The molecule has 0 bridgehead atoms. The Morgan fingerprint density at radius 1 is 1.03 bits per heavy atom. The van der Waals surface area contributed by atoms with Gasteiger partial charge in [-0.1, -0.05) is 6.07 Å². The van der Waals surface area contributed by atoms with Crippen molar-refractivity contribution in [2.75, 3.05) is 13.2 Å². The largest absolute Gasteiger partial charge is 0.486 e. The van der Waals surface area contributed by atoms with E-state index in [1.54, 1.807) is 32.0 Å². The van der Waals surface area contributed by atoms with Gasteiger partial charge in [-0.15, -0.1) is 0 Å². The summed E-state index contributed by atoms with van der Waals surface area (Å²) in [6, 6.07) is 7.14. The third-order valence-corrected chi connectivity index (χ3v) is 4.71. The number of non-ortho nitro benzene ring substituents is 1. The minimum absolute atomic E-state index is 0.0519. The predicted molar refractivity (Wildman–Crippen MR) is 102 cm³/mol. The van der Waals surface area contributed by atoms with Crippen molar-refractivity contribution in [3.8, 4) is 11.5 Å². The van der Waals surface area contributed by atoms with Gasteiger partial charge in [-0.3, -0.25) is 25.0 Å². The van der Waals surface area contributed by atoms with Gasteiger partial charge in [-0.25, -0.2) is 0 Å². The van der Waals surface area contributed by atoms with E-state index >= 15 is 0 Å². The van der Waals surface area contributed by atoms with Crippen molar-refractivity contribution in [3.05, 3.63) is 67.3 Å². The zero-order valence-corrected chi connectivity index (χ0v) is 16.1. The van der Waals surface area contributed by atoms with Gasteiger partial charge in [-0.05, 0) is 38.5 Å². The summed E-state index contributed by atoms with van der Waals surface area (Å²) in [5, 5.41) is 25.2. The summed E-state index contributed by atoms with van der Waals surface area (Å²) in [5.41, 5.74) is -1.26. The molecule has 0 saturated heterocycles. The van der Waals surface area contributed by atoms with Crippen LogP contribution in [-0.4, -0.2) is 29.0 Å². The monoisotopic (exact) mass is 401 g/mol. The Kier molecular flexibility index (Phi) is 5.10.